The van der Waals surface area contributed by atoms with Crippen LogP contribution in [-0.4, -0.2) is 38.1 Å². The van der Waals surface area contributed by atoms with E-state index in [-0.39, 0.29) is 10.0 Å². The second-order valence-corrected chi connectivity index (χ2v) is 7.61. The summed E-state index contributed by atoms with van der Waals surface area (Å²) >= 11 is 5.14. The molecule has 2 aromatic carbocycles. The summed E-state index contributed by atoms with van der Waals surface area (Å²) in [6, 6.07) is 16.0. The molecule has 126 valence electrons. The number of hydrogen-bond donors (Lipinski definition) is 2. The van der Waals surface area contributed by atoms with Gasteiger partial charge >= 0.3 is 0 Å². The maximum atomic E-state index is 12.1. The van der Waals surface area contributed by atoms with Crippen LogP contribution in [0, 0.1) is 0 Å². The smallest absolute Gasteiger partial charge is 0.242 e. The number of rotatable bonds is 5. The molecule has 2 rings (SSSR count). The Kier molecular flexibility index (Phi) is 6.02. The number of hydrazone groups is 1. The van der Waals surface area contributed by atoms with Crippen molar-refractivity contribution in [1.82, 2.24) is 9.73 Å². The zero-order valence-electron chi connectivity index (χ0n) is 13.3. The molecule has 0 saturated carbocycles. The number of nitrogens with one attached hydrogen (secondary N) is 2. The summed E-state index contributed by atoms with van der Waals surface area (Å²) in [5.74, 6) is 0. The summed E-state index contributed by atoms with van der Waals surface area (Å²) in [6.07, 6.45) is 1.64. The van der Waals surface area contributed by atoms with Crippen LogP contribution in [0.5, 0.6) is 0 Å². The third-order valence-electron chi connectivity index (χ3n) is 3.05. The topological polar surface area (TPSA) is 73.8 Å². The monoisotopic (exact) mass is 362 g/mol. The second kappa shape index (κ2) is 8.00. The van der Waals surface area contributed by atoms with Crippen molar-refractivity contribution in [2.24, 2.45) is 5.10 Å². The number of hydrogen-bond acceptors (Lipinski definition) is 4. The van der Waals surface area contributed by atoms with E-state index < -0.39 is 10.0 Å². The maximum Gasteiger partial charge on any atom is 0.242 e. The summed E-state index contributed by atoms with van der Waals surface area (Å²) < 4.78 is 25.4. The SMILES string of the molecule is CN(C)S(=O)(=O)c1cccc(NC(=S)NN=Cc2ccccc2)c1. The van der Waals surface area contributed by atoms with Crippen LogP contribution in [0.25, 0.3) is 0 Å². The van der Waals surface area contributed by atoms with E-state index in [1.54, 1.807) is 18.3 Å². The number of thiocarbonyl (C=S) groups is 1. The van der Waals surface area contributed by atoms with Gasteiger partial charge in [0.25, 0.3) is 0 Å². The molecule has 0 aliphatic rings. The van der Waals surface area contributed by atoms with Gasteiger partial charge in [0.1, 0.15) is 0 Å². The van der Waals surface area contributed by atoms with Crippen molar-refractivity contribution in [2.45, 2.75) is 4.90 Å². The fourth-order valence-electron chi connectivity index (χ4n) is 1.81. The molecule has 2 aromatic rings. The fraction of sp³-hybridized carbons (Fsp3) is 0.125. The standard InChI is InChI=1S/C16H18N4O2S2/c1-20(2)24(21,22)15-10-6-9-14(11-15)18-16(23)19-17-12-13-7-4-3-5-8-13/h3-12H,1-2H3,(H2,18,19,23). The molecule has 0 saturated heterocycles. The van der Waals surface area contributed by atoms with Crippen LogP contribution in [-0.2, 0) is 10.0 Å². The molecule has 24 heavy (non-hydrogen) atoms. The summed E-state index contributed by atoms with van der Waals surface area (Å²) in [6.45, 7) is 0. The fourth-order valence-corrected chi connectivity index (χ4v) is 2.93. The van der Waals surface area contributed by atoms with Crippen LogP contribution in [0.3, 0.4) is 0 Å². The molecular formula is C16H18N4O2S2. The van der Waals surface area contributed by atoms with Gasteiger partial charge in [-0.3, -0.25) is 5.43 Å². The molecule has 0 fully saturated rings. The highest BCUT2D eigenvalue weighted by Crippen LogP contribution is 2.17. The van der Waals surface area contributed by atoms with E-state index in [0.29, 0.717) is 5.69 Å². The van der Waals surface area contributed by atoms with E-state index in [4.69, 9.17) is 12.2 Å². The Hall–Kier alpha value is -2.29. The molecule has 6 nitrogen and oxygen atoms in total. The summed E-state index contributed by atoms with van der Waals surface area (Å²) in [5.41, 5.74) is 4.19. The minimum absolute atomic E-state index is 0.188. The first-order valence-corrected chi connectivity index (χ1v) is 8.92. The quantitative estimate of drug-likeness (QED) is 0.485. The van der Waals surface area contributed by atoms with E-state index in [1.165, 1.54) is 26.2 Å². The first-order chi connectivity index (χ1) is 11.4. The Balaban J connectivity index is 2.01. The highest BCUT2D eigenvalue weighted by Gasteiger charge is 2.17. The van der Waals surface area contributed by atoms with Crippen LogP contribution in [0.2, 0.25) is 0 Å². The summed E-state index contributed by atoms with van der Waals surface area (Å²) in [5, 5.41) is 7.20. The van der Waals surface area contributed by atoms with Gasteiger partial charge in [-0.25, -0.2) is 12.7 Å². The lowest BCUT2D eigenvalue weighted by molar-refractivity contribution is 0.521. The third kappa shape index (κ3) is 4.85. The van der Waals surface area contributed by atoms with E-state index in [0.717, 1.165) is 9.87 Å². The lowest BCUT2D eigenvalue weighted by Crippen LogP contribution is -2.25. The molecule has 0 aromatic heterocycles. The molecular weight excluding hydrogens is 344 g/mol. The Morgan fingerprint density at radius 1 is 1.12 bits per heavy atom. The van der Waals surface area contributed by atoms with Crippen molar-refractivity contribution in [2.75, 3.05) is 19.4 Å². The second-order valence-electron chi connectivity index (χ2n) is 5.05. The Labute approximate surface area is 147 Å². The van der Waals surface area contributed by atoms with Gasteiger partial charge in [-0.15, -0.1) is 0 Å². The van der Waals surface area contributed by atoms with Crippen molar-refractivity contribution >= 4 is 39.3 Å². The molecule has 0 atom stereocenters. The molecule has 2 N–H and O–H groups in total. The molecule has 0 unspecified atom stereocenters. The minimum atomic E-state index is -3.49. The molecule has 0 heterocycles. The number of benzene rings is 2. The van der Waals surface area contributed by atoms with Crippen LogP contribution in [0.15, 0.2) is 64.6 Å². The Bertz CT molecular complexity index is 834. The largest absolute Gasteiger partial charge is 0.331 e. The van der Waals surface area contributed by atoms with Crippen LogP contribution >= 0.6 is 12.2 Å². The van der Waals surface area contributed by atoms with Gasteiger partial charge in [-0.1, -0.05) is 36.4 Å². The lowest BCUT2D eigenvalue weighted by atomic mass is 10.2. The van der Waals surface area contributed by atoms with Gasteiger partial charge in [0, 0.05) is 19.8 Å². The summed E-state index contributed by atoms with van der Waals surface area (Å²) in [7, 11) is -0.516. The van der Waals surface area contributed by atoms with Gasteiger partial charge in [0.15, 0.2) is 5.11 Å². The van der Waals surface area contributed by atoms with Gasteiger partial charge in [0.05, 0.1) is 11.1 Å². The van der Waals surface area contributed by atoms with Crippen molar-refractivity contribution in [3.63, 3.8) is 0 Å². The molecule has 0 aliphatic carbocycles. The number of sulfonamides is 1. The van der Waals surface area contributed by atoms with Gasteiger partial charge in [-0.2, -0.15) is 5.10 Å². The Morgan fingerprint density at radius 3 is 2.50 bits per heavy atom. The average molecular weight is 362 g/mol. The third-order valence-corrected chi connectivity index (χ3v) is 5.05. The Morgan fingerprint density at radius 2 is 1.83 bits per heavy atom. The zero-order chi connectivity index (χ0) is 17.6. The highest BCUT2D eigenvalue weighted by molar-refractivity contribution is 7.89. The first-order valence-electron chi connectivity index (χ1n) is 7.07. The van der Waals surface area contributed by atoms with Gasteiger partial charge < -0.3 is 5.32 Å². The van der Waals surface area contributed by atoms with Crippen LogP contribution in [0.1, 0.15) is 5.56 Å². The van der Waals surface area contributed by atoms with Crippen molar-refractivity contribution in [3.05, 3.63) is 60.2 Å². The van der Waals surface area contributed by atoms with Crippen molar-refractivity contribution in [3.8, 4) is 0 Å². The van der Waals surface area contributed by atoms with E-state index >= 15 is 0 Å². The molecule has 0 amide bonds. The van der Waals surface area contributed by atoms with Crippen molar-refractivity contribution < 1.29 is 8.42 Å². The average Bonchev–Trinajstić information content (AvgIpc) is 2.56. The normalized spacial score (nSPS) is 11.6. The van der Waals surface area contributed by atoms with Crippen LogP contribution in [0.4, 0.5) is 5.69 Å². The maximum absolute atomic E-state index is 12.1. The molecule has 0 spiro atoms. The first kappa shape index (κ1) is 18.1. The lowest BCUT2D eigenvalue weighted by Gasteiger charge is -2.13. The molecule has 8 heteroatoms. The highest BCUT2D eigenvalue weighted by atomic mass is 32.2. The van der Waals surface area contributed by atoms with Crippen LogP contribution < -0.4 is 10.7 Å². The van der Waals surface area contributed by atoms with E-state index in [2.05, 4.69) is 15.8 Å². The molecule has 0 bridgehead atoms. The predicted molar refractivity (Wildman–Crippen MR) is 101 cm³/mol. The summed E-state index contributed by atoms with van der Waals surface area (Å²) in [4.78, 5) is 0.188. The van der Waals surface area contributed by atoms with E-state index in [9.17, 15) is 8.42 Å². The zero-order valence-corrected chi connectivity index (χ0v) is 14.9. The van der Waals surface area contributed by atoms with Crippen molar-refractivity contribution in [1.29, 1.82) is 0 Å². The molecule has 0 radical (unpaired) electrons. The van der Waals surface area contributed by atoms with E-state index in [1.807, 2.05) is 30.3 Å². The van der Waals surface area contributed by atoms with Gasteiger partial charge in [0.2, 0.25) is 10.0 Å². The molecule has 0 aliphatic heterocycles. The number of anilines is 1. The van der Waals surface area contributed by atoms with Gasteiger partial charge in [-0.05, 0) is 36.0 Å². The predicted octanol–water partition coefficient (Wildman–Crippen LogP) is 2.26. The minimum Gasteiger partial charge on any atom is -0.331 e. The number of nitrogens with zero attached hydrogens (tertiary/aromatic N) is 2.